The van der Waals surface area contributed by atoms with Crippen molar-refractivity contribution in [3.05, 3.63) is 77.0 Å². The Morgan fingerprint density at radius 2 is 1.77 bits per heavy atom. The first-order chi connectivity index (χ1) is 14.5. The molecule has 0 atom stereocenters. The molecule has 30 heavy (non-hydrogen) atoms. The van der Waals surface area contributed by atoms with E-state index in [1.165, 1.54) is 0 Å². The molecule has 0 fully saturated rings. The molecule has 150 valence electrons. The summed E-state index contributed by atoms with van der Waals surface area (Å²) in [5.41, 5.74) is 9.66. The minimum absolute atomic E-state index is 0.402. The van der Waals surface area contributed by atoms with Crippen molar-refractivity contribution in [2.24, 2.45) is 5.73 Å². The highest BCUT2D eigenvalue weighted by molar-refractivity contribution is 6.07. The van der Waals surface area contributed by atoms with E-state index in [-0.39, 0.29) is 0 Å². The third kappa shape index (κ3) is 3.91. The van der Waals surface area contributed by atoms with E-state index < -0.39 is 24.5 Å². The maximum atomic E-state index is 12.9. The second-order valence-corrected chi connectivity index (χ2v) is 6.90. The number of aromatic nitrogens is 1. The van der Waals surface area contributed by atoms with Gasteiger partial charge in [-0.15, -0.1) is 0 Å². The number of fused-ring (bicyclic) bond motifs is 2. The number of pyridine rings is 1. The molecule has 0 radical (unpaired) electrons. The number of imide groups is 1. The Labute approximate surface area is 172 Å². The number of hydrogen-bond acceptors (Lipinski definition) is 5. The number of nitrogens with one attached hydrogen (secondary N) is 1. The molecular weight excluding hydrogens is 382 g/mol. The van der Waals surface area contributed by atoms with Crippen molar-refractivity contribution in [2.45, 2.75) is 12.8 Å². The average Bonchev–Trinajstić information content (AvgIpc) is 3.12. The molecule has 0 spiro atoms. The molecule has 0 saturated carbocycles. The van der Waals surface area contributed by atoms with Crippen molar-refractivity contribution in [1.82, 2.24) is 10.3 Å². The topological polar surface area (TPSA) is 111 Å². The van der Waals surface area contributed by atoms with Gasteiger partial charge < -0.3 is 10.5 Å². The number of rotatable bonds is 4. The Bertz CT molecular complexity index is 1190. The van der Waals surface area contributed by atoms with Gasteiger partial charge in [-0.2, -0.15) is 0 Å². The molecule has 1 aromatic heterocycles. The lowest BCUT2D eigenvalue weighted by molar-refractivity contribution is -0.123. The molecule has 1 heterocycles. The van der Waals surface area contributed by atoms with Gasteiger partial charge in [-0.3, -0.25) is 10.1 Å². The molecule has 3 amide bonds. The number of carbonyl (C=O) groups is 3. The SMILES string of the molecule is NC(=O)NC(=O)COC(=O)c1c2c(nc3ccccc13)/C(=C\c1ccccc1)CC2. The van der Waals surface area contributed by atoms with E-state index in [9.17, 15) is 14.4 Å². The van der Waals surface area contributed by atoms with Gasteiger partial charge in [0.1, 0.15) is 0 Å². The van der Waals surface area contributed by atoms with Crippen molar-refractivity contribution < 1.29 is 19.1 Å². The molecule has 3 N–H and O–H groups in total. The number of primary amides is 1. The van der Waals surface area contributed by atoms with Crippen LogP contribution in [0.4, 0.5) is 4.79 Å². The average molecular weight is 401 g/mol. The number of amides is 3. The first-order valence-corrected chi connectivity index (χ1v) is 9.47. The molecule has 0 aliphatic heterocycles. The smallest absolute Gasteiger partial charge is 0.339 e. The Balaban J connectivity index is 1.73. The van der Waals surface area contributed by atoms with Gasteiger partial charge in [0.15, 0.2) is 6.61 Å². The zero-order valence-electron chi connectivity index (χ0n) is 16.1. The molecule has 0 bridgehead atoms. The van der Waals surface area contributed by atoms with Crippen molar-refractivity contribution in [3.63, 3.8) is 0 Å². The number of hydrogen-bond donors (Lipinski definition) is 2. The van der Waals surface area contributed by atoms with Crippen LogP contribution in [0, 0.1) is 0 Å². The molecular formula is C23H19N3O4. The van der Waals surface area contributed by atoms with Crippen LogP contribution in [0.25, 0.3) is 22.6 Å². The lowest BCUT2D eigenvalue weighted by atomic mass is 10.0. The Morgan fingerprint density at radius 1 is 1.03 bits per heavy atom. The van der Waals surface area contributed by atoms with Crippen LogP contribution in [0.5, 0.6) is 0 Å². The normalized spacial score (nSPS) is 13.8. The fourth-order valence-electron chi connectivity index (χ4n) is 3.64. The van der Waals surface area contributed by atoms with E-state index in [0.717, 1.165) is 28.8 Å². The Morgan fingerprint density at radius 3 is 2.53 bits per heavy atom. The number of urea groups is 1. The van der Waals surface area contributed by atoms with E-state index in [1.54, 1.807) is 0 Å². The van der Waals surface area contributed by atoms with Crippen LogP contribution in [0.15, 0.2) is 54.6 Å². The summed E-state index contributed by atoms with van der Waals surface area (Å²) in [6, 6.07) is 16.2. The molecule has 0 unspecified atom stereocenters. The van der Waals surface area contributed by atoms with Crippen molar-refractivity contribution >= 4 is 40.5 Å². The highest BCUT2D eigenvalue weighted by atomic mass is 16.5. The Hall–Kier alpha value is -4.00. The quantitative estimate of drug-likeness (QED) is 0.653. The van der Waals surface area contributed by atoms with Gasteiger partial charge in [-0.05, 0) is 41.7 Å². The number of nitrogens with two attached hydrogens (primary N) is 1. The molecule has 1 aliphatic rings. The van der Waals surface area contributed by atoms with Gasteiger partial charge in [0.05, 0.1) is 16.8 Å². The maximum absolute atomic E-state index is 12.9. The summed E-state index contributed by atoms with van der Waals surface area (Å²) in [5.74, 6) is -1.42. The van der Waals surface area contributed by atoms with Crippen molar-refractivity contribution in [2.75, 3.05) is 6.61 Å². The van der Waals surface area contributed by atoms with Crippen LogP contribution >= 0.6 is 0 Å². The highest BCUT2D eigenvalue weighted by Gasteiger charge is 2.28. The number of esters is 1. The number of nitrogens with zero attached hydrogens (tertiary/aromatic N) is 1. The molecule has 3 aromatic rings. The molecule has 7 heteroatoms. The number of para-hydroxylation sites is 1. The summed E-state index contributed by atoms with van der Waals surface area (Å²) in [4.78, 5) is 40.1. The first-order valence-electron chi connectivity index (χ1n) is 9.47. The lowest BCUT2D eigenvalue weighted by Crippen LogP contribution is -2.37. The fraction of sp³-hybridized carbons (Fsp3) is 0.130. The van der Waals surface area contributed by atoms with Crippen LogP contribution in [0.1, 0.15) is 33.6 Å². The van der Waals surface area contributed by atoms with E-state index in [0.29, 0.717) is 22.9 Å². The van der Waals surface area contributed by atoms with E-state index >= 15 is 0 Å². The molecule has 4 rings (SSSR count). The summed E-state index contributed by atoms with van der Waals surface area (Å²) in [6.07, 6.45) is 3.46. The molecule has 0 saturated heterocycles. The summed E-state index contributed by atoms with van der Waals surface area (Å²) in [7, 11) is 0. The summed E-state index contributed by atoms with van der Waals surface area (Å²) in [6.45, 7) is -0.597. The van der Waals surface area contributed by atoms with E-state index in [2.05, 4.69) is 6.08 Å². The van der Waals surface area contributed by atoms with E-state index in [4.69, 9.17) is 15.5 Å². The monoisotopic (exact) mass is 401 g/mol. The van der Waals surface area contributed by atoms with Crippen molar-refractivity contribution in [3.8, 4) is 0 Å². The summed E-state index contributed by atoms with van der Waals surface area (Å²) >= 11 is 0. The van der Waals surface area contributed by atoms with Crippen molar-refractivity contribution in [1.29, 1.82) is 0 Å². The molecule has 7 nitrogen and oxygen atoms in total. The standard InChI is InChI=1S/C23H19N3O4/c24-23(29)26-19(27)13-30-22(28)20-16-8-4-5-9-18(16)25-21-15(10-11-17(20)21)12-14-6-2-1-3-7-14/h1-9,12H,10-11,13H2,(H3,24,26,27,29)/b15-12-. The maximum Gasteiger partial charge on any atom is 0.339 e. The highest BCUT2D eigenvalue weighted by Crippen LogP contribution is 2.37. The Kier molecular flexibility index (Phi) is 5.26. The van der Waals surface area contributed by atoms with Gasteiger partial charge in [-0.25, -0.2) is 14.6 Å². The van der Waals surface area contributed by atoms with Crippen LogP contribution in [-0.4, -0.2) is 29.5 Å². The van der Waals surface area contributed by atoms with Gasteiger partial charge in [-0.1, -0.05) is 48.5 Å². The van der Waals surface area contributed by atoms with Gasteiger partial charge in [0.25, 0.3) is 5.91 Å². The van der Waals surface area contributed by atoms with Gasteiger partial charge in [0, 0.05) is 5.39 Å². The van der Waals surface area contributed by atoms with Crippen LogP contribution in [0.2, 0.25) is 0 Å². The second-order valence-electron chi connectivity index (χ2n) is 6.90. The largest absolute Gasteiger partial charge is 0.452 e. The third-order valence-corrected chi connectivity index (χ3v) is 4.88. The fourth-order valence-corrected chi connectivity index (χ4v) is 3.64. The summed E-state index contributed by atoms with van der Waals surface area (Å²) < 4.78 is 5.17. The third-order valence-electron chi connectivity index (χ3n) is 4.88. The predicted molar refractivity (Wildman–Crippen MR) is 112 cm³/mol. The second kappa shape index (κ2) is 8.16. The number of benzene rings is 2. The molecule has 2 aromatic carbocycles. The summed E-state index contributed by atoms with van der Waals surface area (Å²) in [5, 5.41) is 2.54. The minimum Gasteiger partial charge on any atom is -0.452 e. The molecule has 1 aliphatic carbocycles. The van der Waals surface area contributed by atoms with Crippen LogP contribution in [0.3, 0.4) is 0 Å². The van der Waals surface area contributed by atoms with E-state index in [1.807, 2.05) is 59.9 Å². The predicted octanol–water partition coefficient (Wildman–Crippen LogP) is 3.07. The zero-order chi connectivity index (χ0) is 21.1. The van der Waals surface area contributed by atoms with Crippen LogP contribution < -0.4 is 11.1 Å². The van der Waals surface area contributed by atoms with Gasteiger partial charge >= 0.3 is 12.0 Å². The lowest BCUT2D eigenvalue weighted by Gasteiger charge is -2.12. The van der Waals surface area contributed by atoms with Gasteiger partial charge in [0.2, 0.25) is 0 Å². The number of ether oxygens (including phenoxy) is 1. The number of carbonyl (C=O) groups excluding carboxylic acids is 3. The number of allylic oxidation sites excluding steroid dienone is 1. The van der Waals surface area contributed by atoms with Crippen LogP contribution in [-0.2, 0) is 16.0 Å². The zero-order valence-corrected chi connectivity index (χ0v) is 16.1. The first kappa shape index (κ1) is 19.3. The minimum atomic E-state index is -0.998.